The molecular weight excluding hydrogens is 228 g/mol. The zero-order chi connectivity index (χ0) is 12.5. The van der Waals surface area contributed by atoms with Gasteiger partial charge < -0.3 is 15.0 Å². The second-order valence-electron chi connectivity index (χ2n) is 5.13. The molecule has 1 aromatic rings. The van der Waals surface area contributed by atoms with Crippen LogP contribution in [0.5, 0.6) is 5.88 Å². The third-order valence-electron chi connectivity index (χ3n) is 3.81. The topological polar surface area (TPSA) is 50.3 Å². The van der Waals surface area contributed by atoms with E-state index in [1.54, 1.807) is 0 Å². The van der Waals surface area contributed by atoms with Crippen LogP contribution in [0.2, 0.25) is 0 Å². The van der Waals surface area contributed by atoms with Crippen LogP contribution < -0.4 is 15.0 Å². The van der Waals surface area contributed by atoms with Crippen molar-refractivity contribution in [1.29, 1.82) is 0 Å². The monoisotopic (exact) mass is 248 g/mol. The van der Waals surface area contributed by atoms with Crippen LogP contribution in [0, 0.1) is 18.8 Å². The van der Waals surface area contributed by atoms with E-state index in [2.05, 4.69) is 20.2 Å². The summed E-state index contributed by atoms with van der Waals surface area (Å²) in [4.78, 5) is 11.2. The predicted molar refractivity (Wildman–Crippen MR) is 70.0 cm³/mol. The highest BCUT2D eigenvalue weighted by atomic mass is 16.5. The Balaban J connectivity index is 1.79. The molecule has 2 aliphatic heterocycles. The van der Waals surface area contributed by atoms with E-state index < -0.39 is 0 Å². The van der Waals surface area contributed by atoms with Gasteiger partial charge in [0.15, 0.2) is 0 Å². The zero-order valence-corrected chi connectivity index (χ0v) is 11.0. The number of hydrogen-bond donors (Lipinski definition) is 1. The summed E-state index contributed by atoms with van der Waals surface area (Å²) in [5.41, 5.74) is 0. The molecule has 0 unspecified atom stereocenters. The number of ether oxygens (including phenoxy) is 1. The number of fused-ring (bicyclic) bond motifs is 1. The number of aryl methyl sites for hydroxylation is 1. The molecule has 2 aliphatic rings. The third kappa shape index (κ3) is 2.14. The predicted octanol–water partition coefficient (Wildman–Crippen LogP) is 0.839. The summed E-state index contributed by atoms with van der Waals surface area (Å²) < 4.78 is 5.49. The highest BCUT2D eigenvalue weighted by Gasteiger charge is 2.36. The maximum absolute atomic E-state index is 5.49. The highest BCUT2D eigenvalue weighted by Crippen LogP contribution is 2.30. The van der Waals surface area contributed by atoms with Crippen LogP contribution in [0.3, 0.4) is 0 Å². The molecule has 1 N–H and O–H groups in total. The van der Waals surface area contributed by atoms with Gasteiger partial charge in [0.1, 0.15) is 11.6 Å². The van der Waals surface area contributed by atoms with E-state index in [4.69, 9.17) is 4.74 Å². The van der Waals surface area contributed by atoms with Gasteiger partial charge in [-0.05, 0) is 25.7 Å². The summed E-state index contributed by atoms with van der Waals surface area (Å²) in [6.07, 6.45) is 0. The Morgan fingerprint density at radius 1 is 1.33 bits per heavy atom. The lowest BCUT2D eigenvalue weighted by molar-refractivity contribution is 0.325. The van der Waals surface area contributed by atoms with Crippen LogP contribution >= 0.6 is 0 Å². The molecule has 0 aliphatic carbocycles. The van der Waals surface area contributed by atoms with Gasteiger partial charge in [0.25, 0.3) is 0 Å². The molecular formula is C13H20N4O. The van der Waals surface area contributed by atoms with Crippen molar-refractivity contribution < 1.29 is 4.74 Å². The van der Waals surface area contributed by atoms with Crippen molar-refractivity contribution in [3.05, 3.63) is 11.9 Å². The summed E-state index contributed by atoms with van der Waals surface area (Å²) in [6, 6.07) is 1.96. The molecule has 0 bridgehead atoms. The number of anilines is 1. The van der Waals surface area contributed by atoms with Crippen LogP contribution in [0.4, 0.5) is 5.82 Å². The fourth-order valence-electron chi connectivity index (χ4n) is 2.95. The van der Waals surface area contributed by atoms with Gasteiger partial charge in [-0.25, -0.2) is 4.98 Å². The second kappa shape index (κ2) is 4.72. The first-order chi connectivity index (χ1) is 8.76. The van der Waals surface area contributed by atoms with Gasteiger partial charge in [-0.1, -0.05) is 0 Å². The number of nitrogens with one attached hydrogen (secondary N) is 1. The smallest absolute Gasteiger partial charge is 0.218 e. The van der Waals surface area contributed by atoms with Crippen molar-refractivity contribution in [2.24, 2.45) is 11.8 Å². The summed E-state index contributed by atoms with van der Waals surface area (Å²) in [5, 5.41) is 3.46. The number of nitrogens with zero attached hydrogens (tertiary/aromatic N) is 3. The minimum absolute atomic E-state index is 0.644. The van der Waals surface area contributed by atoms with Crippen LogP contribution in [-0.2, 0) is 0 Å². The average molecular weight is 248 g/mol. The summed E-state index contributed by atoms with van der Waals surface area (Å²) in [6.45, 7) is 9.02. The third-order valence-corrected chi connectivity index (χ3v) is 3.81. The van der Waals surface area contributed by atoms with Gasteiger partial charge in [-0.15, -0.1) is 0 Å². The standard InChI is InChI=1S/C13H20N4O/c1-3-18-13-4-12(15-9(2)16-13)17-7-10-5-14-6-11(10)8-17/h4,10-11,14H,3,5-8H2,1-2H3/t10-,11+. The van der Waals surface area contributed by atoms with Crippen molar-refractivity contribution in [3.8, 4) is 5.88 Å². The first-order valence-electron chi connectivity index (χ1n) is 6.70. The lowest BCUT2D eigenvalue weighted by Gasteiger charge is -2.19. The van der Waals surface area contributed by atoms with E-state index >= 15 is 0 Å². The Bertz CT molecular complexity index is 425. The van der Waals surface area contributed by atoms with E-state index in [9.17, 15) is 0 Å². The average Bonchev–Trinajstić information content (AvgIpc) is 2.88. The molecule has 2 saturated heterocycles. The molecule has 3 rings (SSSR count). The normalized spacial score (nSPS) is 26.4. The van der Waals surface area contributed by atoms with E-state index in [0.29, 0.717) is 12.5 Å². The van der Waals surface area contributed by atoms with Crippen molar-refractivity contribution >= 4 is 5.82 Å². The molecule has 0 amide bonds. The highest BCUT2D eigenvalue weighted by molar-refractivity contribution is 5.43. The molecule has 0 saturated carbocycles. The van der Waals surface area contributed by atoms with E-state index in [0.717, 1.165) is 49.7 Å². The molecule has 5 heteroatoms. The molecule has 3 heterocycles. The molecule has 0 aromatic carbocycles. The van der Waals surface area contributed by atoms with Crippen molar-refractivity contribution in [2.45, 2.75) is 13.8 Å². The minimum atomic E-state index is 0.644. The first-order valence-corrected chi connectivity index (χ1v) is 6.70. The quantitative estimate of drug-likeness (QED) is 0.859. The van der Waals surface area contributed by atoms with E-state index in [-0.39, 0.29) is 0 Å². The van der Waals surface area contributed by atoms with Gasteiger partial charge in [0.2, 0.25) is 5.88 Å². The van der Waals surface area contributed by atoms with Gasteiger partial charge >= 0.3 is 0 Å². The van der Waals surface area contributed by atoms with Gasteiger partial charge in [0.05, 0.1) is 6.61 Å². The molecule has 0 spiro atoms. The molecule has 18 heavy (non-hydrogen) atoms. The molecule has 98 valence electrons. The largest absolute Gasteiger partial charge is 0.478 e. The van der Waals surface area contributed by atoms with E-state index in [1.165, 1.54) is 0 Å². The maximum atomic E-state index is 5.49. The number of rotatable bonds is 3. The SMILES string of the molecule is CCOc1cc(N2C[C@H]3CNC[C@H]3C2)nc(C)n1. The molecule has 0 radical (unpaired) electrons. The summed E-state index contributed by atoms with van der Waals surface area (Å²) in [5.74, 6) is 4.04. The molecule has 5 nitrogen and oxygen atoms in total. The summed E-state index contributed by atoms with van der Waals surface area (Å²) in [7, 11) is 0. The van der Waals surface area contributed by atoms with Crippen LogP contribution in [0.1, 0.15) is 12.7 Å². The zero-order valence-electron chi connectivity index (χ0n) is 11.0. The molecule has 2 atom stereocenters. The van der Waals surface area contributed by atoms with Crippen molar-refractivity contribution in [3.63, 3.8) is 0 Å². The van der Waals surface area contributed by atoms with E-state index in [1.807, 2.05) is 19.9 Å². The summed E-state index contributed by atoms with van der Waals surface area (Å²) >= 11 is 0. The second-order valence-corrected chi connectivity index (χ2v) is 5.13. The minimum Gasteiger partial charge on any atom is -0.478 e. The molecule has 1 aromatic heterocycles. The lowest BCUT2D eigenvalue weighted by atomic mass is 10.0. The van der Waals surface area contributed by atoms with Gasteiger partial charge in [-0.3, -0.25) is 0 Å². The van der Waals surface area contributed by atoms with Crippen LogP contribution in [0.15, 0.2) is 6.07 Å². The maximum Gasteiger partial charge on any atom is 0.218 e. The van der Waals surface area contributed by atoms with Gasteiger partial charge in [-0.2, -0.15) is 4.98 Å². The molecule has 2 fully saturated rings. The van der Waals surface area contributed by atoms with Crippen LogP contribution in [0.25, 0.3) is 0 Å². The van der Waals surface area contributed by atoms with Crippen LogP contribution in [-0.4, -0.2) is 42.8 Å². The Kier molecular flexibility index (Phi) is 3.07. The van der Waals surface area contributed by atoms with Crippen molar-refractivity contribution in [2.75, 3.05) is 37.7 Å². The van der Waals surface area contributed by atoms with Crippen molar-refractivity contribution in [1.82, 2.24) is 15.3 Å². The lowest BCUT2D eigenvalue weighted by Crippen LogP contribution is -2.26. The first kappa shape index (κ1) is 11.7. The van der Waals surface area contributed by atoms with Gasteiger partial charge in [0, 0.05) is 32.2 Å². The number of aromatic nitrogens is 2. The fourth-order valence-corrected chi connectivity index (χ4v) is 2.95. The Labute approximate surface area is 108 Å². The number of hydrogen-bond acceptors (Lipinski definition) is 5. The Morgan fingerprint density at radius 3 is 2.72 bits per heavy atom. The Morgan fingerprint density at radius 2 is 2.06 bits per heavy atom. The Hall–Kier alpha value is -1.36. The fraction of sp³-hybridized carbons (Fsp3) is 0.692.